The molecule has 29 heavy (non-hydrogen) atoms. The highest BCUT2D eigenvalue weighted by Crippen LogP contribution is 2.42. The molecule has 0 N–H and O–H groups in total. The van der Waals surface area contributed by atoms with Crippen LogP contribution in [0.3, 0.4) is 0 Å². The maximum Gasteiger partial charge on any atom is 0.483 e. The lowest BCUT2D eigenvalue weighted by Gasteiger charge is -2.33. The maximum absolute atomic E-state index is 15.0. The molecule has 2 unspecified atom stereocenters. The minimum atomic E-state index is -4.15. The summed E-state index contributed by atoms with van der Waals surface area (Å²) in [7, 11) is 4.10. The third-order valence-electron chi connectivity index (χ3n) is 4.48. The fourth-order valence-corrected chi connectivity index (χ4v) is 3.93. The van der Waals surface area contributed by atoms with Crippen LogP contribution in [0.15, 0.2) is 12.1 Å². The van der Waals surface area contributed by atoms with E-state index in [4.69, 9.17) is 6.42 Å². The molecule has 1 amide bonds. The zero-order valence-corrected chi connectivity index (χ0v) is 17.3. The van der Waals surface area contributed by atoms with E-state index in [1.165, 1.54) is 0 Å². The quantitative estimate of drug-likeness (QED) is 0.314. The van der Waals surface area contributed by atoms with Crippen molar-refractivity contribution in [2.24, 2.45) is 0 Å². The van der Waals surface area contributed by atoms with Gasteiger partial charge in [-0.05, 0) is 35.0 Å². The molecule has 2 atom stereocenters. The summed E-state index contributed by atoms with van der Waals surface area (Å²) in [4.78, 5) is 12.6. The molecule has 0 saturated heterocycles. The van der Waals surface area contributed by atoms with E-state index in [0.717, 1.165) is 12.1 Å². The first-order valence-corrected chi connectivity index (χ1v) is 9.41. The van der Waals surface area contributed by atoms with Gasteiger partial charge in [-0.25, -0.2) is 13.2 Å². The van der Waals surface area contributed by atoms with Crippen molar-refractivity contribution in [2.75, 3.05) is 11.4 Å². The van der Waals surface area contributed by atoms with Crippen LogP contribution in [0.25, 0.3) is 11.1 Å². The Morgan fingerprint density at radius 3 is 2.41 bits per heavy atom. The predicted molar refractivity (Wildman–Crippen MR) is 107 cm³/mol. The number of fused-ring (bicyclic) bond motifs is 1. The normalized spacial score (nSPS) is 15.0. The van der Waals surface area contributed by atoms with Crippen LogP contribution < -0.4 is 20.2 Å². The molecular formula is C19H14F5NO2P2. The number of hydrogen-bond acceptors (Lipinski definition) is 2. The molecule has 0 bridgehead atoms. The molecule has 1 aliphatic heterocycles. The van der Waals surface area contributed by atoms with E-state index in [1.807, 2.05) is 9.24 Å². The van der Waals surface area contributed by atoms with E-state index >= 15 is 4.39 Å². The van der Waals surface area contributed by atoms with Crippen molar-refractivity contribution in [3.8, 4) is 29.2 Å². The largest absolute Gasteiger partial charge is 0.483 e. The number of carbonyl (C=O) groups is 1. The summed E-state index contributed by atoms with van der Waals surface area (Å²) in [5, 5.41) is -0.174. The average molecular weight is 445 g/mol. The van der Waals surface area contributed by atoms with E-state index in [-0.39, 0.29) is 33.8 Å². The number of ether oxygens (including phenoxy) is 1. The molecule has 0 radical (unpaired) electrons. The zero-order chi connectivity index (χ0) is 21.7. The number of terminal acetylenes is 1. The number of halogens is 5. The van der Waals surface area contributed by atoms with Crippen molar-refractivity contribution in [3.05, 3.63) is 35.1 Å². The van der Waals surface area contributed by atoms with Crippen LogP contribution in [-0.2, 0) is 11.2 Å². The summed E-state index contributed by atoms with van der Waals surface area (Å²) in [6, 6.07) is 2.14. The molecule has 10 heteroatoms. The van der Waals surface area contributed by atoms with Gasteiger partial charge in [0, 0.05) is 5.30 Å². The van der Waals surface area contributed by atoms with Crippen LogP contribution in [0, 0.1) is 29.8 Å². The fourth-order valence-electron chi connectivity index (χ4n) is 3.10. The molecule has 152 valence electrons. The standard InChI is InChI=1S/C19H14F5NO2P2/c1-3-5-25-10-6-9(12(28)7-11(10)27-19(23,24)18(25)26)13-14(20)8(4-2)17(29)16(22)15(13)21/h1,6-7H,4-5,28-29H2,2H3. The molecule has 1 aliphatic rings. The Morgan fingerprint density at radius 1 is 1.17 bits per heavy atom. The fraction of sp³-hybridized carbons (Fsp3) is 0.211. The smallest absolute Gasteiger partial charge is 0.423 e. The molecule has 0 fully saturated rings. The Hall–Kier alpha value is -2.22. The lowest BCUT2D eigenvalue weighted by molar-refractivity contribution is -0.192. The van der Waals surface area contributed by atoms with Gasteiger partial charge < -0.3 is 4.74 Å². The first-order valence-electron chi connectivity index (χ1n) is 8.26. The van der Waals surface area contributed by atoms with Crippen LogP contribution in [-0.4, -0.2) is 18.6 Å². The minimum absolute atomic E-state index is 0.0506. The first kappa shape index (κ1) is 21.5. The molecule has 0 aromatic heterocycles. The van der Waals surface area contributed by atoms with E-state index < -0.39 is 47.3 Å². The Bertz CT molecular complexity index is 1080. The Morgan fingerprint density at radius 2 is 1.83 bits per heavy atom. The topological polar surface area (TPSA) is 29.5 Å². The van der Waals surface area contributed by atoms with Gasteiger partial charge in [0.25, 0.3) is 0 Å². The van der Waals surface area contributed by atoms with Gasteiger partial charge in [0.15, 0.2) is 17.4 Å². The molecular weight excluding hydrogens is 431 g/mol. The van der Waals surface area contributed by atoms with Crippen molar-refractivity contribution < 1.29 is 31.5 Å². The van der Waals surface area contributed by atoms with E-state index in [0.29, 0.717) is 4.90 Å². The number of alkyl halides is 2. The van der Waals surface area contributed by atoms with Gasteiger partial charge in [0.2, 0.25) is 0 Å². The lowest BCUT2D eigenvalue weighted by Crippen LogP contribution is -2.51. The van der Waals surface area contributed by atoms with Gasteiger partial charge in [0.05, 0.1) is 17.8 Å². The molecule has 3 nitrogen and oxygen atoms in total. The van der Waals surface area contributed by atoms with Crippen LogP contribution in [0.2, 0.25) is 0 Å². The molecule has 0 saturated carbocycles. The zero-order valence-electron chi connectivity index (χ0n) is 15.0. The highest BCUT2D eigenvalue weighted by atomic mass is 31.0. The number of hydrogen-bond donors (Lipinski definition) is 0. The number of amides is 1. The lowest BCUT2D eigenvalue weighted by atomic mass is 9.98. The molecule has 0 aliphatic carbocycles. The molecule has 2 aromatic rings. The molecule has 0 spiro atoms. The summed E-state index contributed by atoms with van der Waals surface area (Å²) in [6.45, 7) is 1.05. The van der Waals surface area contributed by atoms with Gasteiger partial charge in [-0.2, -0.15) is 8.78 Å². The summed E-state index contributed by atoms with van der Waals surface area (Å²) >= 11 is 0. The van der Waals surface area contributed by atoms with E-state index in [2.05, 4.69) is 19.9 Å². The van der Waals surface area contributed by atoms with Gasteiger partial charge in [-0.3, -0.25) is 9.69 Å². The third kappa shape index (κ3) is 3.37. The number of nitrogens with zero attached hydrogens (tertiary/aromatic N) is 1. The number of carbonyl (C=O) groups excluding carboxylic acids is 1. The second kappa shape index (κ2) is 7.55. The first-order chi connectivity index (χ1) is 13.5. The van der Waals surface area contributed by atoms with Crippen molar-refractivity contribution in [1.29, 1.82) is 0 Å². The minimum Gasteiger partial charge on any atom is -0.423 e. The van der Waals surface area contributed by atoms with Gasteiger partial charge >= 0.3 is 12.0 Å². The van der Waals surface area contributed by atoms with Crippen LogP contribution in [0.5, 0.6) is 5.75 Å². The highest BCUT2D eigenvalue weighted by Gasteiger charge is 2.50. The summed E-state index contributed by atoms with van der Waals surface area (Å²) in [5.41, 5.74) is -1.08. The van der Waals surface area contributed by atoms with E-state index in [1.54, 1.807) is 6.92 Å². The summed E-state index contributed by atoms with van der Waals surface area (Å²) in [5.74, 6) is -3.72. The Balaban J connectivity index is 2.32. The van der Waals surface area contributed by atoms with Crippen molar-refractivity contribution in [3.63, 3.8) is 0 Å². The van der Waals surface area contributed by atoms with Crippen molar-refractivity contribution in [1.82, 2.24) is 0 Å². The highest BCUT2D eigenvalue weighted by molar-refractivity contribution is 7.28. The average Bonchev–Trinajstić information content (AvgIpc) is 2.65. The molecule has 1 heterocycles. The summed E-state index contributed by atoms with van der Waals surface area (Å²) < 4.78 is 76.3. The van der Waals surface area contributed by atoms with Crippen molar-refractivity contribution >= 4 is 40.7 Å². The molecule has 3 rings (SSSR count). The predicted octanol–water partition coefficient (Wildman–Crippen LogP) is 3.29. The Kier molecular flexibility index (Phi) is 5.60. The van der Waals surface area contributed by atoms with Crippen LogP contribution in [0.4, 0.5) is 27.6 Å². The van der Waals surface area contributed by atoms with Gasteiger partial charge in [0.1, 0.15) is 5.82 Å². The summed E-state index contributed by atoms with van der Waals surface area (Å²) in [6.07, 6.45) is 1.10. The maximum atomic E-state index is 15.0. The third-order valence-corrected chi connectivity index (χ3v) is 5.56. The number of anilines is 1. The van der Waals surface area contributed by atoms with Crippen LogP contribution >= 0.6 is 18.5 Å². The molecule has 2 aromatic carbocycles. The second-order valence-electron chi connectivity index (χ2n) is 6.18. The van der Waals surface area contributed by atoms with Crippen LogP contribution in [0.1, 0.15) is 12.5 Å². The number of benzene rings is 2. The monoisotopic (exact) mass is 445 g/mol. The second-order valence-corrected chi connectivity index (χ2v) is 7.38. The number of rotatable bonds is 3. The van der Waals surface area contributed by atoms with Gasteiger partial charge in [-0.15, -0.1) is 24.9 Å². The van der Waals surface area contributed by atoms with Crippen molar-refractivity contribution in [2.45, 2.75) is 19.5 Å². The van der Waals surface area contributed by atoms with E-state index in [9.17, 15) is 22.4 Å². The SMILES string of the molecule is C#CCN1C(=O)C(F)(F)Oc2cc(P)c(-c3c(F)c(F)c(P)c(CC)c3F)cc21. The Labute approximate surface area is 168 Å². The van der Waals surface area contributed by atoms with Gasteiger partial charge in [-0.1, -0.05) is 12.8 Å².